The molecule has 0 saturated heterocycles. The van der Waals surface area contributed by atoms with Crippen molar-refractivity contribution in [3.8, 4) is 0 Å². The van der Waals surface area contributed by atoms with Gasteiger partial charge in [-0.2, -0.15) is 37.2 Å². The third kappa shape index (κ3) is 5.63. The van der Waals surface area contributed by atoms with Crippen LogP contribution in [0, 0.1) is 0 Å². The predicted octanol–water partition coefficient (Wildman–Crippen LogP) is -1.88. The Hall–Kier alpha value is -2.53. The Kier molecular flexibility index (Phi) is 7.67. The van der Waals surface area contributed by atoms with E-state index in [1.54, 1.807) is 0 Å². The normalized spacial score (nSPS) is 16.7. The fraction of sp³-hybridized carbons (Fsp3) is 0.0625. The summed E-state index contributed by atoms with van der Waals surface area (Å²) in [4.78, 5) is 23.3. The van der Waals surface area contributed by atoms with E-state index in [0.717, 1.165) is 36.4 Å². The zero-order valence-electron chi connectivity index (χ0n) is 16.1. The van der Waals surface area contributed by atoms with Crippen LogP contribution in [0.15, 0.2) is 73.7 Å². The molecule has 3 N–H and O–H groups in total. The van der Waals surface area contributed by atoms with Gasteiger partial charge in [-0.05, 0) is 48.5 Å². The first kappa shape index (κ1) is 25.7. The number of carboxylic acids is 1. The van der Waals surface area contributed by atoms with Gasteiger partial charge in [0.15, 0.2) is 5.71 Å². The van der Waals surface area contributed by atoms with Gasteiger partial charge in [0, 0.05) is 0 Å². The minimum Gasteiger partial charge on any atom is -0.477 e. The molecule has 0 saturated carbocycles. The maximum atomic E-state index is 12.6. The summed E-state index contributed by atoms with van der Waals surface area (Å²) in [5.41, 5.74) is -0.561. The fourth-order valence-corrected chi connectivity index (χ4v) is 3.42. The van der Waals surface area contributed by atoms with Crippen LogP contribution in [0.2, 0.25) is 0 Å². The van der Waals surface area contributed by atoms with E-state index < -0.39 is 53.7 Å². The van der Waals surface area contributed by atoms with E-state index in [-0.39, 0.29) is 40.9 Å². The maximum absolute atomic E-state index is 12.6. The van der Waals surface area contributed by atoms with Gasteiger partial charge in [-0.3, -0.25) is 13.9 Å². The molecule has 2 aromatic carbocycles. The monoisotopic (exact) mass is 491 g/mol. The smallest absolute Gasteiger partial charge is 0.477 e. The van der Waals surface area contributed by atoms with Crippen molar-refractivity contribution in [2.24, 2.45) is 15.3 Å². The van der Waals surface area contributed by atoms with Gasteiger partial charge in [0.05, 0.1) is 21.2 Å². The van der Waals surface area contributed by atoms with Gasteiger partial charge in [-0.15, -0.1) is 0 Å². The molecule has 1 aliphatic rings. The molecule has 1 unspecified atom stereocenters. The summed E-state index contributed by atoms with van der Waals surface area (Å²) >= 11 is 0. The molecular formula is C16H12N4NaO9S2+. The van der Waals surface area contributed by atoms with Gasteiger partial charge in [-0.1, -0.05) is 0 Å². The summed E-state index contributed by atoms with van der Waals surface area (Å²) in [5, 5.41) is 21.1. The molecule has 3 rings (SSSR count). The third-order valence-corrected chi connectivity index (χ3v) is 5.67. The average Bonchev–Trinajstić information content (AvgIpc) is 3.02. The van der Waals surface area contributed by atoms with Crippen molar-refractivity contribution in [1.29, 1.82) is 0 Å². The number of benzene rings is 2. The average molecular weight is 491 g/mol. The number of nitrogens with zero attached hydrogens (tertiary/aromatic N) is 4. The molecule has 0 radical (unpaired) electrons. The summed E-state index contributed by atoms with van der Waals surface area (Å²) in [6.07, 6.45) is 0. The SMILES string of the molecule is O=C(O)C1=NN(c2ccc(S(=O)(=O)O)cc2)C(=O)C1N=Nc1ccc(S(=O)(=O)O)cc1.[Na+]. The maximum Gasteiger partial charge on any atom is 1.00 e. The Morgan fingerprint density at radius 3 is 1.81 bits per heavy atom. The van der Waals surface area contributed by atoms with Crippen LogP contribution in [-0.2, 0) is 29.8 Å². The zero-order valence-corrected chi connectivity index (χ0v) is 19.7. The largest absolute Gasteiger partial charge is 1.00 e. The van der Waals surface area contributed by atoms with Crippen LogP contribution in [0.1, 0.15) is 0 Å². The van der Waals surface area contributed by atoms with Crippen molar-refractivity contribution >= 4 is 49.2 Å². The van der Waals surface area contributed by atoms with Crippen LogP contribution in [0.4, 0.5) is 11.4 Å². The minimum absolute atomic E-state index is 0. The minimum atomic E-state index is -4.46. The molecule has 16 heteroatoms. The number of carbonyl (C=O) groups is 2. The Morgan fingerprint density at radius 1 is 0.906 bits per heavy atom. The molecule has 0 aromatic heterocycles. The molecule has 0 aliphatic carbocycles. The second-order valence-corrected chi connectivity index (χ2v) is 8.84. The number of hydrogen-bond donors (Lipinski definition) is 3. The van der Waals surface area contributed by atoms with Crippen molar-refractivity contribution in [2.45, 2.75) is 15.8 Å². The van der Waals surface area contributed by atoms with E-state index in [9.17, 15) is 31.5 Å². The van der Waals surface area contributed by atoms with E-state index >= 15 is 0 Å². The number of anilines is 1. The van der Waals surface area contributed by atoms with Gasteiger partial charge >= 0.3 is 35.5 Å². The molecular weight excluding hydrogens is 479 g/mol. The summed E-state index contributed by atoms with van der Waals surface area (Å²) in [6.45, 7) is 0. The molecule has 2 aromatic rings. The Bertz CT molecular complexity index is 1320. The number of hydrogen-bond acceptors (Lipinski definition) is 9. The summed E-state index contributed by atoms with van der Waals surface area (Å²) < 4.78 is 62.3. The quantitative estimate of drug-likeness (QED) is 0.235. The van der Waals surface area contributed by atoms with Gasteiger partial charge in [0.1, 0.15) is 0 Å². The number of hydrazone groups is 1. The Labute approximate surface area is 203 Å². The summed E-state index contributed by atoms with van der Waals surface area (Å²) in [7, 11) is -8.88. The van der Waals surface area contributed by atoms with E-state index in [2.05, 4.69) is 15.3 Å². The van der Waals surface area contributed by atoms with Crippen molar-refractivity contribution in [3.63, 3.8) is 0 Å². The first-order valence-electron chi connectivity index (χ1n) is 8.09. The van der Waals surface area contributed by atoms with Gasteiger partial charge in [0.2, 0.25) is 6.04 Å². The molecule has 0 fully saturated rings. The molecule has 1 atom stereocenters. The number of azo groups is 1. The first-order valence-corrected chi connectivity index (χ1v) is 11.0. The van der Waals surface area contributed by atoms with Crippen molar-refractivity contribution < 1.29 is 70.2 Å². The molecule has 1 heterocycles. The van der Waals surface area contributed by atoms with Gasteiger partial charge < -0.3 is 5.11 Å². The van der Waals surface area contributed by atoms with Gasteiger partial charge in [0.25, 0.3) is 26.1 Å². The number of rotatable bonds is 6. The predicted molar refractivity (Wildman–Crippen MR) is 103 cm³/mol. The fourth-order valence-electron chi connectivity index (χ4n) is 2.46. The Morgan fingerprint density at radius 2 is 1.38 bits per heavy atom. The van der Waals surface area contributed by atoms with Crippen LogP contribution < -0.4 is 34.6 Å². The molecule has 1 amide bonds. The summed E-state index contributed by atoms with van der Waals surface area (Å²) in [6, 6.07) is 7.07. The number of amides is 1. The van der Waals surface area contributed by atoms with E-state index in [4.69, 9.17) is 9.11 Å². The third-order valence-electron chi connectivity index (χ3n) is 3.93. The van der Waals surface area contributed by atoms with E-state index in [1.807, 2.05) is 0 Å². The second-order valence-electron chi connectivity index (χ2n) is 6.00. The standard InChI is InChI=1S/C16H12N4O9S2.Na/c21-15-13(18-17-9-1-5-11(6-2-9)30(24,25)26)14(16(22)23)19-20(15)10-3-7-12(8-4-10)31(27,28)29;/h1-8,13H,(H,22,23)(H,24,25,26)(H,27,28,29);/q;+1. The molecule has 1 aliphatic heterocycles. The van der Waals surface area contributed by atoms with Crippen molar-refractivity contribution in [1.82, 2.24) is 0 Å². The van der Waals surface area contributed by atoms with Crippen LogP contribution in [-0.4, -0.2) is 54.7 Å². The topological polar surface area (TPSA) is 203 Å². The molecule has 162 valence electrons. The van der Waals surface area contributed by atoms with Crippen LogP contribution in [0.5, 0.6) is 0 Å². The second kappa shape index (κ2) is 9.53. The summed E-state index contributed by atoms with van der Waals surface area (Å²) in [5.74, 6) is -2.44. The molecule has 0 spiro atoms. The number of carbonyl (C=O) groups excluding carboxylic acids is 1. The van der Waals surface area contributed by atoms with Crippen LogP contribution in [0.3, 0.4) is 0 Å². The van der Waals surface area contributed by atoms with Crippen LogP contribution >= 0.6 is 0 Å². The molecule has 32 heavy (non-hydrogen) atoms. The van der Waals surface area contributed by atoms with Crippen molar-refractivity contribution in [3.05, 3.63) is 48.5 Å². The van der Waals surface area contributed by atoms with Gasteiger partial charge in [-0.25, -0.2) is 4.79 Å². The first-order chi connectivity index (χ1) is 14.4. The zero-order chi connectivity index (χ0) is 23.0. The number of aliphatic carboxylic acids is 1. The molecule has 0 bridgehead atoms. The van der Waals surface area contributed by atoms with E-state index in [0.29, 0.717) is 5.01 Å². The molecule has 13 nitrogen and oxygen atoms in total. The van der Waals surface area contributed by atoms with Crippen LogP contribution in [0.25, 0.3) is 0 Å². The Balaban J connectivity index is 0.00000363. The number of carboxylic acid groups (broad SMARTS) is 1. The van der Waals surface area contributed by atoms with E-state index in [1.165, 1.54) is 12.1 Å². The van der Waals surface area contributed by atoms with Crippen molar-refractivity contribution in [2.75, 3.05) is 5.01 Å².